The molecule has 4 rings (SSSR count). The van der Waals surface area contributed by atoms with Gasteiger partial charge in [-0.3, -0.25) is 9.69 Å². The van der Waals surface area contributed by atoms with E-state index in [0.29, 0.717) is 19.5 Å². The second-order valence-corrected chi connectivity index (χ2v) is 7.43. The third-order valence-electron chi connectivity index (χ3n) is 5.74. The van der Waals surface area contributed by atoms with Crippen molar-refractivity contribution in [2.75, 3.05) is 18.1 Å². The second-order valence-electron chi connectivity index (χ2n) is 7.02. The van der Waals surface area contributed by atoms with Gasteiger partial charge in [0.1, 0.15) is 0 Å². The summed E-state index contributed by atoms with van der Waals surface area (Å²) in [4.78, 5) is 16.7. The zero-order valence-electron chi connectivity index (χ0n) is 14.8. The van der Waals surface area contributed by atoms with Crippen molar-refractivity contribution in [2.24, 2.45) is 0 Å². The zero-order chi connectivity index (χ0) is 18.3. The van der Waals surface area contributed by atoms with Crippen molar-refractivity contribution >= 4 is 23.2 Å². The minimum absolute atomic E-state index is 0.0521. The van der Waals surface area contributed by atoms with E-state index in [9.17, 15) is 9.90 Å². The third-order valence-corrected chi connectivity index (χ3v) is 6.11. The molecule has 2 heterocycles. The third kappa shape index (κ3) is 2.73. The van der Waals surface area contributed by atoms with E-state index in [0.717, 1.165) is 16.3 Å². The molecule has 1 saturated heterocycles. The summed E-state index contributed by atoms with van der Waals surface area (Å²) in [6, 6.07) is 16.2. The number of rotatable bonds is 4. The summed E-state index contributed by atoms with van der Waals surface area (Å²) >= 11 is 6.34. The van der Waals surface area contributed by atoms with E-state index in [1.807, 2.05) is 54.3 Å². The molecule has 0 bridgehead atoms. The summed E-state index contributed by atoms with van der Waals surface area (Å²) in [6.45, 7) is 3.34. The van der Waals surface area contributed by atoms with Gasteiger partial charge in [0, 0.05) is 48.2 Å². The highest BCUT2D eigenvalue weighted by Gasteiger charge is 2.52. The number of fused-ring (bicyclic) bond motifs is 3. The Morgan fingerprint density at radius 2 is 1.92 bits per heavy atom. The monoisotopic (exact) mass is 370 g/mol. The van der Waals surface area contributed by atoms with Crippen LogP contribution in [0.15, 0.2) is 48.5 Å². The molecule has 0 aromatic heterocycles. The number of halogens is 1. The molecule has 0 radical (unpaired) electrons. The van der Waals surface area contributed by atoms with Crippen molar-refractivity contribution in [3.8, 4) is 0 Å². The number of benzene rings is 2. The molecule has 1 amide bonds. The number of amides is 1. The van der Waals surface area contributed by atoms with Crippen molar-refractivity contribution in [3.05, 3.63) is 64.7 Å². The molecule has 4 nitrogen and oxygen atoms in total. The molecule has 0 saturated carbocycles. The van der Waals surface area contributed by atoms with Gasteiger partial charge in [-0.15, -0.1) is 0 Å². The van der Waals surface area contributed by atoms with E-state index in [2.05, 4.69) is 11.0 Å². The van der Waals surface area contributed by atoms with Crippen LogP contribution in [-0.2, 0) is 11.3 Å². The van der Waals surface area contributed by atoms with Crippen molar-refractivity contribution in [1.82, 2.24) is 4.90 Å². The van der Waals surface area contributed by atoms with Crippen molar-refractivity contribution < 1.29 is 9.90 Å². The summed E-state index contributed by atoms with van der Waals surface area (Å²) in [5.41, 5.74) is 3.22. The molecule has 2 aromatic carbocycles. The number of para-hydroxylation sites is 1. The first-order valence-electron chi connectivity index (χ1n) is 9.15. The Balaban J connectivity index is 1.68. The largest absolute Gasteiger partial charge is 0.395 e. The number of carbonyl (C=O) groups is 1. The quantitative estimate of drug-likeness (QED) is 0.896. The first-order valence-corrected chi connectivity index (χ1v) is 9.52. The van der Waals surface area contributed by atoms with Crippen LogP contribution in [0.25, 0.3) is 0 Å². The van der Waals surface area contributed by atoms with E-state index >= 15 is 0 Å². The number of carbonyl (C=O) groups excluding carboxylic acids is 1. The van der Waals surface area contributed by atoms with Crippen LogP contribution in [0.2, 0.25) is 5.02 Å². The second kappa shape index (κ2) is 7.03. The molecule has 5 heteroatoms. The lowest BCUT2D eigenvalue weighted by molar-refractivity contribution is -0.119. The van der Waals surface area contributed by atoms with Crippen LogP contribution >= 0.6 is 11.6 Å². The fraction of sp³-hybridized carbons (Fsp3) is 0.381. The van der Waals surface area contributed by atoms with Gasteiger partial charge in [0.05, 0.1) is 6.61 Å². The molecule has 2 aromatic rings. The van der Waals surface area contributed by atoms with Gasteiger partial charge in [-0.25, -0.2) is 0 Å². The molecule has 2 aliphatic rings. The summed E-state index contributed by atoms with van der Waals surface area (Å²) in [6.07, 6.45) is 0.486. The van der Waals surface area contributed by atoms with Gasteiger partial charge in [0.2, 0.25) is 5.91 Å². The number of anilines is 1. The number of hydrogen-bond donors (Lipinski definition) is 1. The SMILES string of the molecule is CCC(=O)N1C[C@@H]2[C@H](c3ccccc31)[C@H](CO)N2Cc1ccccc1Cl. The zero-order valence-corrected chi connectivity index (χ0v) is 15.6. The lowest BCUT2D eigenvalue weighted by Gasteiger charge is -2.59. The lowest BCUT2D eigenvalue weighted by atomic mass is 9.71. The predicted octanol–water partition coefficient (Wildman–Crippen LogP) is 3.43. The van der Waals surface area contributed by atoms with Gasteiger partial charge in [-0.2, -0.15) is 0 Å². The highest BCUT2D eigenvalue weighted by molar-refractivity contribution is 6.31. The molecule has 3 atom stereocenters. The first kappa shape index (κ1) is 17.5. The molecule has 26 heavy (non-hydrogen) atoms. The maximum Gasteiger partial charge on any atom is 0.226 e. The molecule has 0 spiro atoms. The Labute approximate surface area is 159 Å². The van der Waals surface area contributed by atoms with Crippen LogP contribution < -0.4 is 4.90 Å². The Hall–Kier alpha value is -1.88. The Morgan fingerprint density at radius 3 is 2.65 bits per heavy atom. The molecule has 0 aliphatic carbocycles. The minimum atomic E-state index is 0.0521. The van der Waals surface area contributed by atoms with Gasteiger partial charge in [-0.05, 0) is 23.3 Å². The fourth-order valence-corrected chi connectivity index (χ4v) is 4.65. The van der Waals surface area contributed by atoms with Gasteiger partial charge >= 0.3 is 0 Å². The van der Waals surface area contributed by atoms with Gasteiger partial charge < -0.3 is 10.0 Å². The summed E-state index contributed by atoms with van der Waals surface area (Å²) in [5, 5.41) is 10.8. The van der Waals surface area contributed by atoms with Crippen LogP contribution in [0.1, 0.15) is 30.4 Å². The average molecular weight is 371 g/mol. The van der Waals surface area contributed by atoms with Gasteiger partial charge in [-0.1, -0.05) is 54.9 Å². The van der Waals surface area contributed by atoms with E-state index in [1.54, 1.807) is 0 Å². The van der Waals surface area contributed by atoms with Crippen LogP contribution in [-0.4, -0.2) is 41.1 Å². The van der Waals surface area contributed by atoms with Crippen LogP contribution in [0.3, 0.4) is 0 Å². The molecule has 1 fully saturated rings. The van der Waals surface area contributed by atoms with Crippen LogP contribution in [0.4, 0.5) is 5.69 Å². The minimum Gasteiger partial charge on any atom is -0.395 e. The highest BCUT2D eigenvalue weighted by atomic mass is 35.5. The number of hydrogen-bond acceptors (Lipinski definition) is 3. The maximum atomic E-state index is 12.5. The van der Waals surface area contributed by atoms with E-state index < -0.39 is 0 Å². The summed E-state index contributed by atoms with van der Waals surface area (Å²) in [7, 11) is 0. The Morgan fingerprint density at radius 1 is 1.19 bits per heavy atom. The normalized spacial score (nSPS) is 24.6. The molecule has 136 valence electrons. The lowest BCUT2D eigenvalue weighted by Crippen LogP contribution is -2.68. The van der Waals surface area contributed by atoms with Crippen molar-refractivity contribution in [2.45, 2.75) is 37.9 Å². The molecule has 0 unspecified atom stereocenters. The van der Waals surface area contributed by atoms with Gasteiger partial charge in [0.25, 0.3) is 0 Å². The molecule has 1 N–H and O–H groups in total. The van der Waals surface area contributed by atoms with Gasteiger partial charge in [0.15, 0.2) is 0 Å². The van der Waals surface area contributed by atoms with Crippen LogP contribution in [0, 0.1) is 0 Å². The van der Waals surface area contributed by atoms with Crippen LogP contribution in [0.5, 0.6) is 0 Å². The number of likely N-dealkylation sites (tertiary alicyclic amines) is 1. The number of aliphatic hydroxyl groups excluding tert-OH is 1. The van der Waals surface area contributed by atoms with E-state index in [1.165, 1.54) is 5.56 Å². The smallest absolute Gasteiger partial charge is 0.226 e. The molecule has 2 aliphatic heterocycles. The van der Waals surface area contributed by atoms with E-state index in [-0.39, 0.29) is 30.5 Å². The molecular formula is C21H23ClN2O2. The predicted molar refractivity (Wildman–Crippen MR) is 103 cm³/mol. The van der Waals surface area contributed by atoms with E-state index in [4.69, 9.17) is 11.6 Å². The maximum absolute atomic E-state index is 12.5. The summed E-state index contributed by atoms with van der Waals surface area (Å²) < 4.78 is 0. The average Bonchev–Trinajstić information content (AvgIpc) is 2.66. The Bertz CT molecular complexity index is 825. The topological polar surface area (TPSA) is 43.8 Å². The fourth-order valence-electron chi connectivity index (χ4n) is 4.45. The molecular weight excluding hydrogens is 348 g/mol. The first-order chi connectivity index (χ1) is 12.7. The standard InChI is InChI=1S/C21H23ClN2O2/c1-2-20(26)24-12-18-21(15-8-4-6-10-17(15)24)19(13-25)23(18)11-14-7-3-5-9-16(14)22/h3-10,18-19,21,25H,2,11-13H2,1H3/t18-,19+,21+/m1/s1. The number of aliphatic hydroxyl groups is 1. The van der Waals surface area contributed by atoms with Crippen molar-refractivity contribution in [3.63, 3.8) is 0 Å². The van der Waals surface area contributed by atoms with Crippen molar-refractivity contribution in [1.29, 1.82) is 0 Å². The summed E-state index contributed by atoms with van der Waals surface area (Å²) in [5.74, 6) is 0.389. The Kier molecular flexibility index (Phi) is 4.74. The number of nitrogens with zero attached hydrogens (tertiary/aromatic N) is 2. The highest BCUT2D eigenvalue weighted by Crippen LogP contribution is 2.48.